The van der Waals surface area contributed by atoms with Gasteiger partial charge in [-0.1, -0.05) is 24.3 Å². The summed E-state index contributed by atoms with van der Waals surface area (Å²) in [4.78, 5) is 19.4. The zero-order valence-corrected chi connectivity index (χ0v) is 21.7. The molecule has 6 heterocycles. The van der Waals surface area contributed by atoms with Crippen molar-refractivity contribution in [2.75, 3.05) is 62.3 Å². The van der Waals surface area contributed by atoms with Crippen molar-refractivity contribution in [3.05, 3.63) is 78.4 Å². The second kappa shape index (κ2) is 10.4. The Morgan fingerprint density at radius 1 is 0.821 bits per heavy atom. The highest BCUT2D eigenvalue weighted by Gasteiger charge is 2.21. The second-order valence-electron chi connectivity index (χ2n) is 9.80. The van der Waals surface area contributed by atoms with Crippen LogP contribution in [-0.4, -0.2) is 77.0 Å². The van der Waals surface area contributed by atoms with Crippen LogP contribution in [0.1, 0.15) is 11.4 Å². The predicted octanol–water partition coefficient (Wildman–Crippen LogP) is 3.76. The van der Waals surface area contributed by atoms with Crippen LogP contribution in [0.5, 0.6) is 0 Å². The summed E-state index contributed by atoms with van der Waals surface area (Å²) in [6.07, 6.45) is 7.85. The van der Waals surface area contributed by atoms with Gasteiger partial charge in [-0.2, -0.15) is 5.10 Å². The van der Waals surface area contributed by atoms with Crippen LogP contribution < -0.4 is 15.1 Å². The molecule has 0 amide bonds. The highest BCUT2D eigenvalue weighted by atomic mass is 16.5. The molecule has 4 aromatic heterocycles. The van der Waals surface area contributed by atoms with Crippen molar-refractivity contribution in [1.29, 1.82) is 0 Å². The van der Waals surface area contributed by atoms with Gasteiger partial charge in [0.1, 0.15) is 11.5 Å². The molecule has 1 aromatic carbocycles. The third-order valence-electron chi connectivity index (χ3n) is 7.37. The maximum absolute atomic E-state index is 5.59. The average Bonchev–Trinajstić information content (AvgIpc) is 3.39. The van der Waals surface area contributed by atoms with Gasteiger partial charge in [0.25, 0.3) is 0 Å². The Balaban J connectivity index is 1.31. The number of benzene rings is 1. The lowest BCUT2D eigenvalue weighted by molar-refractivity contribution is 0.123. The minimum atomic E-state index is 0.708. The van der Waals surface area contributed by atoms with Gasteiger partial charge in [0.2, 0.25) is 0 Å². The van der Waals surface area contributed by atoms with E-state index in [0.717, 1.165) is 90.0 Å². The molecule has 0 bridgehead atoms. The number of hydrogen-bond donors (Lipinski definition) is 1. The van der Waals surface area contributed by atoms with E-state index in [1.54, 1.807) is 0 Å². The van der Waals surface area contributed by atoms with E-state index in [-0.39, 0.29) is 0 Å². The van der Waals surface area contributed by atoms with Crippen LogP contribution in [0.2, 0.25) is 0 Å². The fourth-order valence-corrected chi connectivity index (χ4v) is 5.34. The normalized spacial score (nSPS) is 16.5. The fourth-order valence-electron chi connectivity index (χ4n) is 5.34. The van der Waals surface area contributed by atoms with Crippen LogP contribution in [0, 0.1) is 0 Å². The second-order valence-corrected chi connectivity index (χ2v) is 9.80. The maximum Gasteiger partial charge on any atom is 0.178 e. The van der Waals surface area contributed by atoms with E-state index in [1.165, 1.54) is 0 Å². The number of rotatable bonds is 5. The number of nitrogens with zero attached hydrogens (tertiary/aromatic N) is 7. The lowest BCUT2D eigenvalue weighted by Gasteiger charge is -2.28. The molecule has 2 aliphatic rings. The number of pyridine rings is 2. The number of para-hydroxylation sites is 1. The van der Waals surface area contributed by atoms with Crippen molar-refractivity contribution in [3.8, 4) is 11.3 Å². The molecule has 0 aliphatic carbocycles. The number of morpholine rings is 1. The number of anilines is 2. The summed E-state index contributed by atoms with van der Waals surface area (Å²) in [5.74, 6) is 0.994. The lowest BCUT2D eigenvalue weighted by Crippen LogP contribution is -2.43. The first-order valence-electron chi connectivity index (χ1n) is 13.5. The van der Waals surface area contributed by atoms with E-state index in [2.05, 4.69) is 39.4 Å². The molecule has 0 unspecified atom stereocenters. The van der Waals surface area contributed by atoms with Crippen molar-refractivity contribution in [2.24, 2.45) is 0 Å². The molecule has 39 heavy (non-hydrogen) atoms. The molecule has 2 fully saturated rings. The summed E-state index contributed by atoms with van der Waals surface area (Å²) < 4.78 is 7.54. The van der Waals surface area contributed by atoms with Crippen LogP contribution in [-0.2, 0) is 4.74 Å². The van der Waals surface area contributed by atoms with Crippen molar-refractivity contribution in [2.45, 2.75) is 0 Å². The minimum Gasteiger partial charge on any atom is -0.378 e. The highest BCUT2D eigenvalue weighted by molar-refractivity contribution is 5.84. The third kappa shape index (κ3) is 4.71. The van der Waals surface area contributed by atoms with Gasteiger partial charge in [0.15, 0.2) is 5.65 Å². The molecule has 5 aromatic rings. The standard InChI is InChI=1S/C30H30N8O/c1-2-4-25-22(3-1)5-7-24(34-25)8-9-26-29(23-6-10-28(32-21-23)37-15-13-31-14-16-37)38-30(35-26)27(11-12-33-38)36-17-19-39-20-18-36/h1-12,21,31H,13-20H2/b9-8+. The van der Waals surface area contributed by atoms with E-state index in [9.17, 15) is 0 Å². The minimum absolute atomic E-state index is 0.708. The molecule has 2 aliphatic heterocycles. The Morgan fingerprint density at radius 2 is 1.69 bits per heavy atom. The number of ether oxygens (including phenoxy) is 1. The number of imidazole rings is 1. The molecule has 9 heteroatoms. The summed E-state index contributed by atoms with van der Waals surface area (Å²) in [6, 6.07) is 18.6. The summed E-state index contributed by atoms with van der Waals surface area (Å²) in [6.45, 7) is 6.94. The van der Waals surface area contributed by atoms with Crippen molar-refractivity contribution < 1.29 is 4.74 Å². The Hall–Kier alpha value is -4.34. The van der Waals surface area contributed by atoms with Crippen LogP contribution in [0.15, 0.2) is 67.0 Å². The Labute approximate surface area is 226 Å². The number of hydrogen-bond acceptors (Lipinski definition) is 8. The van der Waals surface area contributed by atoms with Gasteiger partial charge in [0.05, 0.1) is 42.0 Å². The van der Waals surface area contributed by atoms with Crippen molar-refractivity contribution in [3.63, 3.8) is 0 Å². The first kappa shape index (κ1) is 23.8. The van der Waals surface area contributed by atoms with Gasteiger partial charge >= 0.3 is 0 Å². The van der Waals surface area contributed by atoms with Gasteiger partial charge in [-0.3, -0.25) is 0 Å². The lowest BCUT2D eigenvalue weighted by atomic mass is 10.1. The average molecular weight is 519 g/mol. The van der Waals surface area contributed by atoms with Crippen molar-refractivity contribution in [1.82, 2.24) is 29.9 Å². The summed E-state index contributed by atoms with van der Waals surface area (Å²) >= 11 is 0. The molecular formula is C30H30N8O. The van der Waals surface area contributed by atoms with Crippen LogP contribution in [0.25, 0.3) is 40.0 Å². The molecule has 1 N–H and O–H groups in total. The van der Waals surface area contributed by atoms with Crippen LogP contribution in [0.3, 0.4) is 0 Å². The molecule has 0 atom stereocenters. The van der Waals surface area contributed by atoms with Gasteiger partial charge in [-0.15, -0.1) is 0 Å². The Morgan fingerprint density at radius 3 is 2.54 bits per heavy atom. The van der Waals surface area contributed by atoms with Crippen molar-refractivity contribution >= 4 is 40.2 Å². The number of nitrogens with one attached hydrogen (secondary N) is 1. The Bertz CT molecular complexity index is 1630. The van der Waals surface area contributed by atoms with Gasteiger partial charge in [-0.25, -0.2) is 19.5 Å². The maximum atomic E-state index is 5.59. The Kier molecular flexibility index (Phi) is 6.36. The SMILES string of the molecule is C(=C\c1nc2c(N3CCOCC3)ccnn2c1-c1ccc(N2CCNCC2)nc1)/c1ccc2ccccc2n1. The third-order valence-corrected chi connectivity index (χ3v) is 7.37. The topological polar surface area (TPSA) is 83.7 Å². The molecule has 0 spiro atoms. The van der Waals surface area contributed by atoms with Crippen LogP contribution >= 0.6 is 0 Å². The summed E-state index contributed by atoms with van der Waals surface area (Å²) in [7, 11) is 0. The molecule has 2 saturated heterocycles. The van der Waals surface area contributed by atoms with E-state index >= 15 is 0 Å². The predicted molar refractivity (Wildman–Crippen MR) is 155 cm³/mol. The molecule has 7 rings (SSSR count). The quantitative estimate of drug-likeness (QED) is 0.377. The molecular weight excluding hydrogens is 488 g/mol. The number of fused-ring (bicyclic) bond motifs is 2. The monoisotopic (exact) mass is 518 g/mol. The van der Waals surface area contributed by atoms with Gasteiger partial charge in [0, 0.05) is 56.4 Å². The fraction of sp³-hybridized carbons (Fsp3) is 0.267. The number of aromatic nitrogens is 5. The van der Waals surface area contributed by atoms with Gasteiger partial charge in [-0.05, 0) is 42.5 Å². The largest absolute Gasteiger partial charge is 0.378 e. The van der Waals surface area contributed by atoms with E-state index in [0.29, 0.717) is 13.2 Å². The summed E-state index contributed by atoms with van der Waals surface area (Å²) in [5.41, 5.74) is 6.45. The molecule has 0 saturated carbocycles. The first-order chi connectivity index (χ1) is 19.3. The number of piperazine rings is 1. The van der Waals surface area contributed by atoms with Gasteiger partial charge < -0.3 is 19.9 Å². The van der Waals surface area contributed by atoms with E-state index < -0.39 is 0 Å². The molecule has 0 radical (unpaired) electrons. The molecule has 9 nitrogen and oxygen atoms in total. The smallest absolute Gasteiger partial charge is 0.178 e. The summed E-state index contributed by atoms with van der Waals surface area (Å²) in [5, 5.41) is 9.27. The zero-order chi connectivity index (χ0) is 26.0. The van der Waals surface area contributed by atoms with E-state index in [1.807, 2.05) is 59.4 Å². The van der Waals surface area contributed by atoms with Crippen LogP contribution in [0.4, 0.5) is 11.5 Å². The first-order valence-corrected chi connectivity index (χ1v) is 13.5. The zero-order valence-electron chi connectivity index (χ0n) is 21.7. The molecule has 196 valence electrons. The highest BCUT2D eigenvalue weighted by Crippen LogP contribution is 2.31. The van der Waals surface area contributed by atoms with E-state index in [4.69, 9.17) is 24.8 Å².